The van der Waals surface area contributed by atoms with E-state index in [2.05, 4.69) is 10.3 Å². The molecule has 5 rings (SSSR count). The zero-order chi connectivity index (χ0) is 22.1. The van der Waals surface area contributed by atoms with Crippen molar-refractivity contribution < 1.29 is 13.2 Å². The van der Waals surface area contributed by atoms with Crippen molar-refractivity contribution in [1.82, 2.24) is 10.3 Å². The quantitative estimate of drug-likeness (QED) is 0.547. The second-order valence-electron chi connectivity index (χ2n) is 9.07. The Hall–Kier alpha value is -2.25. The first-order valence-electron chi connectivity index (χ1n) is 11.5. The number of sulfone groups is 1. The molecule has 1 amide bonds. The Balaban J connectivity index is 1.25. The number of hydrogen-bond acceptors (Lipinski definition) is 5. The van der Waals surface area contributed by atoms with Crippen molar-refractivity contribution in [2.24, 2.45) is 11.8 Å². The fraction of sp³-hybridized carbons (Fsp3) is 0.440. The van der Waals surface area contributed by atoms with Gasteiger partial charge in [-0.05, 0) is 59.9 Å². The molecule has 5 nitrogen and oxygen atoms in total. The van der Waals surface area contributed by atoms with E-state index in [1.807, 2.05) is 24.3 Å². The monoisotopic (exact) mass is 468 g/mol. The third kappa shape index (κ3) is 4.20. The summed E-state index contributed by atoms with van der Waals surface area (Å²) in [6.07, 6.45) is 11.1. The van der Waals surface area contributed by atoms with E-state index in [4.69, 9.17) is 0 Å². The standard InChI is InChI=1S/C25H28N2O3S2/c28-25(22-14-19-12-13-26-16-23(19)31-22)27-15-17-8-10-20(11-9-17)32(29,30)24-7-3-5-18-4-1-2-6-21(18)24/h8-14,16,18,21,24H,1-7,15H2,(H,27,28). The molecule has 3 unspecified atom stereocenters. The van der Waals surface area contributed by atoms with Crippen molar-refractivity contribution in [1.29, 1.82) is 0 Å². The van der Waals surface area contributed by atoms with Crippen LogP contribution in [0.15, 0.2) is 53.7 Å². The first-order valence-corrected chi connectivity index (χ1v) is 13.8. The van der Waals surface area contributed by atoms with Crippen LogP contribution in [0.3, 0.4) is 0 Å². The smallest absolute Gasteiger partial charge is 0.261 e. The van der Waals surface area contributed by atoms with Crippen LogP contribution >= 0.6 is 11.3 Å². The van der Waals surface area contributed by atoms with Crippen molar-refractivity contribution in [2.75, 3.05) is 0 Å². The van der Waals surface area contributed by atoms with E-state index < -0.39 is 9.84 Å². The molecule has 2 aromatic heterocycles. The molecule has 32 heavy (non-hydrogen) atoms. The summed E-state index contributed by atoms with van der Waals surface area (Å²) in [5, 5.41) is 3.70. The number of carbonyl (C=O) groups is 1. The van der Waals surface area contributed by atoms with Crippen molar-refractivity contribution in [3.05, 3.63) is 59.2 Å². The van der Waals surface area contributed by atoms with E-state index in [9.17, 15) is 13.2 Å². The summed E-state index contributed by atoms with van der Waals surface area (Å²) in [6.45, 7) is 0.361. The summed E-state index contributed by atoms with van der Waals surface area (Å²) in [4.78, 5) is 17.7. The van der Waals surface area contributed by atoms with Gasteiger partial charge in [-0.2, -0.15) is 0 Å². The lowest BCUT2D eigenvalue weighted by Crippen LogP contribution is -2.39. The minimum atomic E-state index is -3.33. The molecule has 0 aliphatic heterocycles. The van der Waals surface area contributed by atoms with E-state index >= 15 is 0 Å². The summed E-state index contributed by atoms with van der Waals surface area (Å²) < 4.78 is 27.8. The molecule has 0 bridgehead atoms. The Bertz CT molecular complexity index is 1180. The van der Waals surface area contributed by atoms with Gasteiger partial charge < -0.3 is 5.32 Å². The highest BCUT2D eigenvalue weighted by Crippen LogP contribution is 2.44. The fourth-order valence-electron chi connectivity index (χ4n) is 5.50. The third-order valence-corrected chi connectivity index (χ3v) is 10.6. The molecular formula is C25H28N2O3S2. The van der Waals surface area contributed by atoms with Gasteiger partial charge in [0.25, 0.3) is 5.91 Å². The van der Waals surface area contributed by atoms with Gasteiger partial charge in [0.2, 0.25) is 0 Å². The molecule has 168 valence electrons. The van der Waals surface area contributed by atoms with Crippen LogP contribution in [0, 0.1) is 11.8 Å². The lowest BCUT2D eigenvalue weighted by atomic mass is 9.71. The third-order valence-electron chi connectivity index (χ3n) is 7.16. The van der Waals surface area contributed by atoms with Crippen LogP contribution in [-0.4, -0.2) is 24.6 Å². The van der Waals surface area contributed by atoms with E-state index in [-0.39, 0.29) is 11.2 Å². The molecule has 2 aliphatic carbocycles. The topological polar surface area (TPSA) is 76.1 Å². The Labute approximate surface area is 193 Å². The molecular weight excluding hydrogens is 440 g/mol. The number of nitrogens with zero attached hydrogens (tertiary/aromatic N) is 1. The number of aromatic nitrogens is 1. The first kappa shape index (κ1) is 21.6. The van der Waals surface area contributed by atoms with E-state index in [1.54, 1.807) is 24.5 Å². The average Bonchev–Trinajstić information content (AvgIpc) is 3.27. The lowest BCUT2D eigenvalue weighted by molar-refractivity contribution is 0.0955. The zero-order valence-corrected chi connectivity index (χ0v) is 19.6. The van der Waals surface area contributed by atoms with Gasteiger partial charge >= 0.3 is 0 Å². The Morgan fingerprint density at radius 2 is 1.81 bits per heavy atom. The van der Waals surface area contributed by atoms with Gasteiger partial charge in [-0.3, -0.25) is 9.78 Å². The van der Waals surface area contributed by atoms with Crippen LogP contribution in [0.1, 0.15) is 60.2 Å². The maximum absolute atomic E-state index is 13.4. The number of pyridine rings is 1. The minimum Gasteiger partial charge on any atom is -0.347 e. The second-order valence-corrected chi connectivity index (χ2v) is 12.3. The highest BCUT2D eigenvalue weighted by atomic mass is 32.2. The maximum Gasteiger partial charge on any atom is 0.261 e. The summed E-state index contributed by atoms with van der Waals surface area (Å²) in [6, 6.07) is 10.8. The van der Waals surface area contributed by atoms with Crippen LogP contribution in [0.5, 0.6) is 0 Å². The van der Waals surface area contributed by atoms with Crippen molar-refractivity contribution >= 4 is 37.2 Å². The molecule has 2 heterocycles. The molecule has 1 N–H and O–H groups in total. The number of benzene rings is 1. The molecule has 7 heteroatoms. The Morgan fingerprint density at radius 3 is 2.62 bits per heavy atom. The molecule has 2 aliphatic rings. The highest BCUT2D eigenvalue weighted by molar-refractivity contribution is 7.92. The molecule has 0 saturated heterocycles. The average molecular weight is 469 g/mol. The van der Waals surface area contributed by atoms with E-state index in [0.29, 0.717) is 28.2 Å². The predicted octanol–water partition coefficient (Wildman–Crippen LogP) is 5.36. The van der Waals surface area contributed by atoms with Crippen LogP contribution < -0.4 is 5.32 Å². The van der Waals surface area contributed by atoms with Crippen LogP contribution in [0.4, 0.5) is 0 Å². The van der Waals surface area contributed by atoms with Gasteiger partial charge in [-0.1, -0.05) is 44.2 Å². The van der Waals surface area contributed by atoms with Gasteiger partial charge in [0.1, 0.15) is 0 Å². The van der Waals surface area contributed by atoms with Crippen LogP contribution in [-0.2, 0) is 16.4 Å². The second kappa shape index (κ2) is 8.94. The molecule has 1 aromatic carbocycles. The van der Waals surface area contributed by atoms with Crippen LogP contribution in [0.2, 0.25) is 0 Å². The van der Waals surface area contributed by atoms with Crippen molar-refractivity contribution in [3.63, 3.8) is 0 Å². The highest BCUT2D eigenvalue weighted by Gasteiger charge is 2.42. The number of amides is 1. The number of rotatable bonds is 5. The molecule has 3 aromatic rings. The molecule has 0 radical (unpaired) electrons. The van der Waals surface area contributed by atoms with Gasteiger partial charge in [0.05, 0.1) is 19.7 Å². The van der Waals surface area contributed by atoms with Crippen LogP contribution in [0.25, 0.3) is 10.1 Å². The Morgan fingerprint density at radius 1 is 1.03 bits per heavy atom. The summed E-state index contributed by atoms with van der Waals surface area (Å²) >= 11 is 1.42. The van der Waals surface area contributed by atoms with Crippen molar-refractivity contribution in [3.8, 4) is 0 Å². The normalized spacial score (nSPS) is 23.6. The fourth-order valence-corrected chi connectivity index (χ4v) is 8.61. The zero-order valence-electron chi connectivity index (χ0n) is 18.0. The number of carbonyl (C=O) groups excluding carboxylic acids is 1. The SMILES string of the molecule is O=C(NCc1ccc(S(=O)(=O)C2CCCC3CCCCC32)cc1)c1cc2ccncc2s1. The van der Waals surface area contributed by atoms with E-state index in [1.165, 1.54) is 30.6 Å². The summed E-state index contributed by atoms with van der Waals surface area (Å²) in [7, 11) is -3.33. The Kier molecular flexibility index (Phi) is 6.03. The summed E-state index contributed by atoms with van der Waals surface area (Å²) in [5.74, 6) is 0.767. The first-order chi connectivity index (χ1) is 15.5. The molecule has 0 spiro atoms. The van der Waals surface area contributed by atoms with Gasteiger partial charge in [-0.25, -0.2) is 8.42 Å². The number of nitrogens with one attached hydrogen (secondary N) is 1. The van der Waals surface area contributed by atoms with E-state index in [0.717, 1.165) is 41.3 Å². The number of hydrogen-bond donors (Lipinski definition) is 1. The van der Waals surface area contributed by atoms with Gasteiger partial charge in [0.15, 0.2) is 9.84 Å². The van der Waals surface area contributed by atoms with Crippen molar-refractivity contribution in [2.45, 2.75) is 61.6 Å². The maximum atomic E-state index is 13.4. The molecule has 3 atom stereocenters. The number of thiophene rings is 1. The minimum absolute atomic E-state index is 0.131. The van der Waals surface area contributed by atoms with Gasteiger partial charge in [-0.15, -0.1) is 11.3 Å². The largest absolute Gasteiger partial charge is 0.347 e. The lowest BCUT2D eigenvalue weighted by Gasteiger charge is -2.40. The summed E-state index contributed by atoms with van der Waals surface area (Å²) in [5.41, 5.74) is 0.888. The number of fused-ring (bicyclic) bond motifs is 2. The molecule has 2 fully saturated rings. The molecule has 2 saturated carbocycles. The van der Waals surface area contributed by atoms with Gasteiger partial charge in [0, 0.05) is 18.9 Å². The predicted molar refractivity (Wildman–Crippen MR) is 128 cm³/mol.